The SMILES string of the molecule is CN=C(NCC(C)Oc1ccccc1C)NC1CCN(c2cccc(C)n2)CC1.I. The van der Waals surface area contributed by atoms with Crippen LogP contribution < -0.4 is 20.3 Å². The van der Waals surface area contributed by atoms with Crippen LogP contribution in [0.2, 0.25) is 0 Å². The van der Waals surface area contributed by atoms with Crippen molar-refractivity contribution in [3.05, 3.63) is 53.7 Å². The maximum atomic E-state index is 6.04. The molecule has 1 aromatic heterocycles. The van der Waals surface area contributed by atoms with Gasteiger partial charge in [-0.3, -0.25) is 4.99 Å². The number of aryl methyl sites for hydroxylation is 2. The van der Waals surface area contributed by atoms with Gasteiger partial charge in [-0.15, -0.1) is 24.0 Å². The Morgan fingerprint density at radius 3 is 2.57 bits per heavy atom. The van der Waals surface area contributed by atoms with Crippen molar-refractivity contribution in [2.24, 2.45) is 4.99 Å². The molecule has 7 heteroatoms. The fraction of sp³-hybridized carbons (Fsp3) is 0.478. The van der Waals surface area contributed by atoms with Crippen LogP contribution in [0.15, 0.2) is 47.5 Å². The van der Waals surface area contributed by atoms with Gasteiger partial charge in [0.15, 0.2) is 5.96 Å². The summed E-state index contributed by atoms with van der Waals surface area (Å²) in [6, 6.07) is 14.7. The Bertz CT molecular complexity index is 821. The topological polar surface area (TPSA) is 61.8 Å². The number of benzene rings is 1. The first-order valence-corrected chi connectivity index (χ1v) is 10.4. The van der Waals surface area contributed by atoms with Crippen molar-refractivity contribution in [2.45, 2.75) is 45.8 Å². The summed E-state index contributed by atoms with van der Waals surface area (Å²) >= 11 is 0. The quantitative estimate of drug-likeness (QED) is 0.342. The van der Waals surface area contributed by atoms with Crippen molar-refractivity contribution in [3.8, 4) is 5.75 Å². The first-order valence-electron chi connectivity index (χ1n) is 10.4. The van der Waals surface area contributed by atoms with Crippen molar-refractivity contribution in [2.75, 3.05) is 31.6 Å². The molecule has 2 heterocycles. The number of aromatic nitrogens is 1. The van der Waals surface area contributed by atoms with E-state index in [0.717, 1.165) is 54.7 Å². The number of aliphatic imine (C=N–C) groups is 1. The number of nitrogens with zero attached hydrogens (tertiary/aromatic N) is 3. The molecular formula is C23H34IN5O. The second-order valence-corrected chi connectivity index (χ2v) is 7.69. The number of hydrogen-bond acceptors (Lipinski definition) is 4. The second kappa shape index (κ2) is 12.0. The number of nitrogens with one attached hydrogen (secondary N) is 2. The smallest absolute Gasteiger partial charge is 0.191 e. The Labute approximate surface area is 197 Å². The predicted octanol–water partition coefficient (Wildman–Crippen LogP) is 3.92. The number of ether oxygens (including phenoxy) is 1. The summed E-state index contributed by atoms with van der Waals surface area (Å²) in [5, 5.41) is 6.95. The minimum absolute atomic E-state index is 0. The minimum atomic E-state index is 0. The minimum Gasteiger partial charge on any atom is -0.489 e. The lowest BCUT2D eigenvalue weighted by Crippen LogP contribution is -2.50. The first kappa shape index (κ1) is 24.2. The van der Waals surface area contributed by atoms with Crippen LogP contribution in [0.1, 0.15) is 31.0 Å². The summed E-state index contributed by atoms with van der Waals surface area (Å²) in [7, 11) is 1.81. The average molecular weight is 523 g/mol. The molecule has 3 rings (SSSR count). The van der Waals surface area contributed by atoms with Crippen molar-refractivity contribution in [1.29, 1.82) is 0 Å². The Morgan fingerprint density at radius 2 is 1.90 bits per heavy atom. The summed E-state index contributed by atoms with van der Waals surface area (Å²) < 4.78 is 6.04. The molecule has 1 atom stereocenters. The number of halogens is 1. The molecule has 30 heavy (non-hydrogen) atoms. The van der Waals surface area contributed by atoms with E-state index in [1.807, 2.05) is 38.2 Å². The molecule has 2 aromatic rings. The van der Waals surface area contributed by atoms with Gasteiger partial charge in [0.05, 0.1) is 6.54 Å². The maximum absolute atomic E-state index is 6.04. The van der Waals surface area contributed by atoms with Crippen LogP contribution in [0.25, 0.3) is 0 Å². The molecular weight excluding hydrogens is 489 g/mol. The lowest BCUT2D eigenvalue weighted by molar-refractivity contribution is 0.222. The lowest BCUT2D eigenvalue weighted by atomic mass is 10.1. The molecule has 1 unspecified atom stereocenters. The highest BCUT2D eigenvalue weighted by atomic mass is 127. The van der Waals surface area contributed by atoms with E-state index in [1.165, 1.54) is 0 Å². The number of hydrogen-bond donors (Lipinski definition) is 2. The molecule has 164 valence electrons. The van der Waals surface area contributed by atoms with Crippen LogP contribution in [-0.2, 0) is 0 Å². The van der Waals surface area contributed by atoms with Gasteiger partial charge in [0.2, 0.25) is 0 Å². The molecule has 1 fully saturated rings. The molecule has 0 spiro atoms. The normalized spacial score (nSPS) is 15.9. The van der Waals surface area contributed by atoms with Crippen LogP contribution in [0.4, 0.5) is 5.82 Å². The molecule has 0 aliphatic carbocycles. The number of piperidine rings is 1. The van der Waals surface area contributed by atoms with Crippen molar-refractivity contribution < 1.29 is 4.74 Å². The zero-order valence-electron chi connectivity index (χ0n) is 18.4. The van der Waals surface area contributed by atoms with E-state index in [4.69, 9.17) is 4.74 Å². The van der Waals surface area contributed by atoms with Crippen LogP contribution in [0, 0.1) is 13.8 Å². The highest BCUT2D eigenvalue weighted by Crippen LogP contribution is 2.19. The van der Waals surface area contributed by atoms with Gasteiger partial charge in [-0.25, -0.2) is 4.98 Å². The van der Waals surface area contributed by atoms with E-state index in [0.29, 0.717) is 12.6 Å². The molecule has 1 aliphatic rings. The number of guanidine groups is 1. The van der Waals surface area contributed by atoms with E-state index in [1.54, 1.807) is 0 Å². The predicted molar refractivity (Wildman–Crippen MR) is 135 cm³/mol. The average Bonchev–Trinajstić information content (AvgIpc) is 2.73. The summed E-state index contributed by atoms with van der Waals surface area (Å²) in [5.74, 6) is 2.84. The van der Waals surface area contributed by atoms with Crippen LogP contribution in [0.3, 0.4) is 0 Å². The third-order valence-corrected chi connectivity index (χ3v) is 5.24. The van der Waals surface area contributed by atoms with Crippen molar-refractivity contribution in [3.63, 3.8) is 0 Å². The lowest BCUT2D eigenvalue weighted by Gasteiger charge is -2.34. The van der Waals surface area contributed by atoms with Crippen LogP contribution >= 0.6 is 24.0 Å². The molecule has 0 bridgehead atoms. The summed E-state index contributed by atoms with van der Waals surface area (Å²) in [5.41, 5.74) is 2.21. The standard InChI is InChI=1S/C23H33N5O.HI/c1-17-8-5-6-10-21(17)29-19(3)16-25-23(24-4)27-20-12-14-28(15-13-20)22-11-7-9-18(2)26-22;/h5-11,19-20H,12-16H2,1-4H3,(H2,24,25,27);1H. The number of rotatable bonds is 6. The molecule has 2 N–H and O–H groups in total. The Kier molecular flexibility index (Phi) is 9.68. The van der Waals surface area contributed by atoms with Gasteiger partial charge in [0, 0.05) is 31.9 Å². The molecule has 1 saturated heterocycles. The van der Waals surface area contributed by atoms with Crippen LogP contribution in [-0.4, -0.2) is 49.8 Å². The Morgan fingerprint density at radius 1 is 1.17 bits per heavy atom. The summed E-state index contributed by atoms with van der Waals surface area (Å²) in [4.78, 5) is 11.4. The van der Waals surface area contributed by atoms with Gasteiger partial charge < -0.3 is 20.3 Å². The molecule has 0 radical (unpaired) electrons. The molecule has 1 aromatic carbocycles. The molecule has 6 nitrogen and oxygen atoms in total. The van der Waals surface area contributed by atoms with E-state index in [9.17, 15) is 0 Å². The Hall–Kier alpha value is -2.03. The second-order valence-electron chi connectivity index (χ2n) is 7.69. The fourth-order valence-corrected chi connectivity index (χ4v) is 3.53. The molecule has 0 amide bonds. The van der Waals surface area contributed by atoms with Crippen LogP contribution in [0.5, 0.6) is 5.75 Å². The van der Waals surface area contributed by atoms with Crippen molar-refractivity contribution >= 4 is 35.8 Å². The first-order chi connectivity index (χ1) is 14.0. The Balaban J connectivity index is 0.00000320. The van der Waals surface area contributed by atoms with Gasteiger partial charge in [-0.2, -0.15) is 0 Å². The third-order valence-electron chi connectivity index (χ3n) is 5.24. The van der Waals surface area contributed by atoms with Crippen molar-refractivity contribution in [1.82, 2.24) is 15.6 Å². The summed E-state index contributed by atoms with van der Waals surface area (Å²) in [6.07, 6.45) is 2.17. The number of para-hydroxylation sites is 1. The van der Waals surface area contributed by atoms with E-state index < -0.39 is 0 Å². The van der Waals surface area contributed by atoms with Gasteiger partial charge in [0.25, 0.3) is 0 Å². The van der Waals surface area contributed by atoms with E-state index in [-0.39, 0.29) is 30.1 Å². The number of pyridine rings is 1. The molecule has 1 aliphatic heterocycles. The van der Waals surface area contributed by atoms with E-state index >= 15 is 0 Å². The largest absolute Gasteiger partial charge is 0.489 e. The van der Waals surface area contributed by atoms with E-state index in [2.05, 4.69) is 57.6 Å². The van der Waals surface area contributed by atoms with Gasteiger partial charge in [-0.05, 0) is 57.4 Å². The monoisotopic (exact) mass is 523 g/mol. The zero-order valence-corrected chi connectivity index (χ0v) is 20.7. The third kappa shape index (κ3) is 7.04. The van der Waals surface area contributed by atoms with Gasteiger partial charge in [0.1, 0.15) is 17.7 Å². The number of anilines is 1. The highest BCUT2D eigenvalue weighted by Gasteiger charge is 2.21. The fourth-order valence-electron chi connectivity index (χ4n) is 3.53. The molecule has 0 saturated carbocycles. The maximum Gasteiger partial charge on any atom is 0.191 e. The van der Waals surface area contributed by atoms with Gasteiger partial charge >= 0.3 is 0 Å². The summed E-state index contributed by atoms with van der Waals surface area (Å²) in [6.45, 7) is 8.86. The highest BCUT2D eigenvalue weighted by molar-refractivity contribution is 14.0. The van der Waals surface area contributed by atoms with Gasteiger partial charge in [-0.1, -0.05) is 24.3 Å². The zero-order chi connectivity index (χ0) is 20.6.